The summed E-state index contributed by atoms with van der Waals surface area (Å²) in [4.78, 5) is 29.6. The van der Waals surface area contributed by atoms with Gasteiger partial charge in [0.15, 0.2) is 11.0 Å². The van der Waals surface area contributed by atoms with Crippen LogP contribution < -0.4 is 4.90 Å². The van der Waals surface area contributed by atoms with Gasteiger partial charge in [0.1, 0.15) is 0 Å². The van der Waals surface area contributed by atoms with E-state index in [4.69, 9.17) is 0 Å². The lowest BCUT2D eigenvalue weighted by Gasteiger charge is -2.25. The number of hydrogen-bond donors (Lipinski definition) is 0. The zero-order valence-corrected chi connectivity index (χ0v) is 14.5. The van der Waals surface area contributed by atoms with Gasteiger partial charge in [-0.3, -0.25) is 19.9 Å². The van der Waals surface area contributed by atoms with E-state index < -0.39 is 4.92 Å². The number of nitro benzene ring substituents is 1. The van der Waals surface area contributed by atoms with E-state index >= 15 is 0 Å². The van der Waals surface area contributed by atoms with Crippen LogP contribution in [0.2, 0.25) is 0 Å². The number of non-ortho nitro benzene ring substituents is 1. The van der Waals surface area contributed by atoms with Crippen LogP contribution in [0, 0.1) is 17.0 Å². The molecule has 0 bridgehead atoms. The second-order valence-corrected chi connectivity index (χ2v) is 6.68. The molecule has 6 nitrogen and oxygen atoms in total. The number of aryl methyl sites for hydroxylation is 1. The molecule has 3 rings (SSSR count). The zero-order valence-electron chi connectivity index (χ0n) is 13.7. The second kappa shape index (κ2) is 7.48. The van der Waals surface area contributed by atoms with Crippen LogP contribution in [-0.2, 0) is 0 Å². The highest BCUT2D eigenvalue weighted by molar-refractivity contribution is 8.14. The lowest BCUT2D eigenvalue weighted by atomic mass is 10.1. The van der Waals surface area contributed by atoms with Crippen molar-refractivity contribution in [1.82, 2.24) is 0 Å². The third kappa shape index (κ3) is 3.88. The molecule has 1 aliphatic rings. The zero-order chi connectivity index (χ0) is 17.8. The number of rotatable bonds is 5. The van der Waals surface area contributed by atoms with Crippen molar-refractivity contribution in [2.45, 2.75) is 6.92 Å². The predicted molar refractivity (Wildman–Crippen MR) is 101 cm³/mol. The number of nitrogens with zero attached hydrogens (tertiary/aromatic N) is 3. The van der Waals surface area contributed by atoms with Crippen molar-refractivity contribution >= 4 is 34.1 Å². The van der Waals surface area contributed by atoms with Gasteiger partial charge in [-0.05, 0) is 18.6 Å². The minimum Gasteiger partial charge on any atom is -0.313 e. The first-order valence-corrected chi connectivity index (χ1v) is 8.83. The average molecular weight is 355 g/mol. The fourth-order valence-corrected chi connectivity index (χ4v) is 3.50. The number of thioether (sulfide) groups is 1. The summed E-state index contributed by atoms with van der Waals surface area (Å²) in [6.07, 6.45) is 0. The third-order valence-electron chi connectivity index (χ3n) is 3.89. The number of carbonyl (C=O) groups is 1. The number of benzene rings is 2. The Kier molecular flexibility index (Phi) is 5.14. The van der Waals surface area contributed by atoms with E-state index in [9.17, 15) is 14.9 Å². The number of Topliss-reactive ketones (excluding diaryl/α,β-unsaturated/α-hetero) is 1. The first kappa shape index (κ1) is 17.2. The van der Waals surface area contributed by atoms with Crippen molar-refractivity contribution in [2.75, 3.05) is 23.7 Å². The standard InChI is InChI=1S/C18H17N3O3S/c1-13-5-2-3-8-16(13)20(18-19-9-10-25-18)12-17(22)14-6-4-7-15(11-14)21(23)24/h2-8,11H,9-10,12H2,1H3. The quantitative estimate of drug-likeness (QED) is 0.464. The summed E-state index contributed by atoms with van der Waals surface area (Å²) in [6.45, 7) is 2.81. The summed E-state index contributed by atoms with van der Waals surface area (Å²) < 4.78 is 0. The second-order valence-electron chi connectivity index (χ2n) is 5.62. The first-order valence-electron chi connectivity index (χ1n) is 7.84. The molecule has 0 amide bonds. The Morgan fingerprint density at radius 1 is 1.28 bits per heavy atom. The molecular formula is C18H17N3O3S. The van der Waals surface area contributed by atoms with E-state index in [1.165, 1.54) is 18.2 Å². The van der Waals surface area contributed by atoms with Crippen molar-refractivity contribution in [2.24, 2.45) is 4.99 Å². The van der Waals surface area contributed by atoms with Crippen molar-refractivity contribution < 1.29 is 9.72 Å². The molecule has 0 fully saturated rings. The molecule has 2 aromatic carbocycles. The Balaban J connectivity index is 1.90. The normalized spacial score (nSPS) is 13.4. The van der Waals surface area contributed by atoms with Gasteiger partial charge in [-0.25, -0.2) is 0 Å². The molecule has 0 unspecified atom stereocenters. The summed E-state index contributed by atoms with van der Waals surface area (Å²) in [5.41, 5.74) is 2.22. The molecule has 0 radical (unpaired) electrons. The molecule has 2 aromatic rings. The van der Waals surface area contributed by atoms with Crippen LogP contribution >= 0.6 is 11.8 Å². The minimum atomic E-state index is -0.493. The number of ketones is 1. The molecule has 1 aliphatic heterocycles. The molecule has 0 aromatic heterocycles. The van der Waals surface area contributed by atoms with Gasteiger partial charge in [-0.1, -0.05) is 42.1 Å². The van der Waals surface area contributed by atoms with Crippen LogP contribution in [0.5, 0.6) is 0 Å². The number of carbonyl (C=O) groups excluding carboxylic acids is 1. The molecule has 0 saturated heterocycles. The highest BCUT2D eigenvalue weighted by atomic mass is 32.2. The van der Waals surface area contributed by atoms with Crippen molar-refractivity contribution in [1.29, 1.82) is 0 Å². The number of para-hydroxylation sites is 1. The summed E-state index contributed by atoms with van der Waals surface area (Å²) in [6, 6.07) is 13.7. The van der Waals surface area contributed by atoms with Crippen LogP contribution in [0.4, 0.5) is 11.4 Å². The van der Waals surface area contributed by atoms with Crippen LogP contribution in [0.1, 0.15) is 15.9 Å². The van der Waals surface area contributed by atoms with Crippen LogP contribution in [0.25, 0.3) is 0 Å². The van der Waals surface area contributed by atoms with Crippen LogP contribution in [0.15, 0.2) is 53.5 Å². The fraction of sp³-hybridized carbons (Fsp3) is 0.222. The topological polar surface area (TPSA) is 75.8 Å². The number of hydrogen-bond acceptors (Lipinski definition) is 6. The summed E-state index contributed by atoms with van der Waals surface area (Å²) >= 11 is 1.61. The molecule has 25 heavy (non-hydrogen) atoms. The fourth-order valence-electron chi connectivity index (χ4n) is 2.64. The Hall–Kier alpha value is -2.67. The van der Waals surface area contributed by atoms with Crippen LogP contribution in [0.3, 0.4) is 0 Å². The van der Waals surface area contributed by atoms with E-state index in [0.29, 0.717) is 5.56 Å². The smallest absolute Gasteiger partial charge is 0.270 e. The molecule has 7 heteroatoms. The number of anilines is 1. The Labute approximate surface area is 149 Å². The number of amidine groups is 1. The van der Waals surface area contributed by atoms with Crippen molar-refractivity contribution in [3.8, 4) is 0 Å². The van der Waals surface area contributed by atoms with Gasteiger partial charge < -0.3 is 4.90 Å². The van der Waals surface area contributed by atoms with Crippen molar-refractivity contribution in [3.05, 3.63) is 69.8 Å². The molecule has 1 heterocycles. The maximum Gasteiger partial charge on any atom is 0.270 e. The summed E-state index contributed by atoms with van der Waals surface area (Å²) in [7, 11) is 0. The SMILES string of the molecule is Cc1ccccc1N(CC(=O)c1cccc([N+](=O)[O-])c1)C1=NCCS1. The van der Waals surface area contributed by atoms with E-state index in [1.807, 2.05) is 36.1 Å². The molecule has 0 saturated carbocycles. The van der Waals surface area contributed by atoms with Crippen LogP contribution in [-0.4, -0.2) is 34.7 Å². The molecule has 0 spiro atoms. The summed E-state index contributed by atoms with van der Waals surface area (Å²) in [5.74, 6) is 0.713. The summed E-state index contributed by atoms with van der Waals surface area (Å²) in [5, 5.41) is 11.7. The van der Waals surface area contributed by atoms with E-state index in [0.717, 1.165) is 28.7 Å². The predicted octanol–water partition coefficient (Wildman–Crippen LogP) is 3.70. The monoisotopic (exact) mass is 355 g/mol. The number of nitro groups is 1. The van der Waals surface area contributed by atoms with E-state index in [2.05, 4.69) is 4.99 Å². The maximum absolute atomic E-state index is 12.7. The van der Waals surface area contributed by atoms with Gasteiger partial charge in [-0.2, -0.15) is 0 Å². The molecule has 0 atom stereocenters. The van der Waals surface area contributed by atoms with E-state index in [-0.39, 0.29) is 18.0 Å². The van der Waals surface area contributed by atoms with Gasteiger partial charge in [0.2, 0.25) is 0 Å². The van der Waals surface area contributed by atoms with E-state index in [1.54, 1.807) is 17.8 Å². The maximum atomic E-state index is 12.7. The Morgan fingerprint density at radius 2 is 2.08 bits per heavy atom. The highest BCUT2D eigenvalue weighted by Gasteiger charge is 2.23. The first-order chi connectivity index (χ1) is 12.1. The largest absolute Gasteiger partial charge is 0.313 e. The lowest BCUT2D eigenvalue weighted by molar-refractivity contribution is -0.384. The average Bonchev–Trinajstić information content (AvgIpc) is 3.14. The van der Waals surface area contributed by atoms with Gasteiger partial charge in [-0.15, -0.1) is 0 Å². The number of aliphatic imine (C=N–C) groups is 1. The molecule has 128 valence electrons. The van der Waals surface area contributed by atoms with Crippen molar-refractivity contribution in [3.63, 3.8) is 0 Å². The van der Waals surface area contributed by atoms with Gasteiger partial charge >= 0.3 is 0 Å². The highest BCUT2D eigenvalue weighted by Crippen LogP contribution is 2.26. The van der Waals surface area contributed by atoms with Gasteiger partial charge in [0.05, 0.1) is 18.0 Å². The molecule has 0 aliphatic carbocycles. The molecule has 0 N–H and O–H groups in total. The van der Waals surface area contributed by atoms with Gasteiger partial charge in [0.25, 0.3) is 5.69 Å². The Bertz CT molecular complexity index is 851. The Morgan fingerprint density at radius 3 is 2.76 bits per heavy atom. The minimum absolute atomic E-state index is 0.0825. The van der Waals surface area contributed by atoms with Gasteiger partial charge in [0, 0.05) is 29.1 Å². The lowest BCUT2D eigenvalue weighted by Crippen LogP contribution is -2.34. The third-order valence-corrected chi connectivity index (χ3v) is 4.88. The molecular weight excluding hydrogens is 338 g/mol.